The lowest BCUT2D eigenvalue weighted by atomic mass is 10.3. The summed E-state index contributed by atoms with van der Waals surface area (Å²) in [5.41, 5.74) is 7.40. The Kier molecular flexibility index (Phi) is 3.31. The van der Waals surface area contributed by atoms with Crippen LogP contribution < -0.4 is 11.1 Å². The van der Waals surface area contributed by atoms with E-state index in [0.29, 0.717) is 10.8 Å². The zero-order valence-electron chi connectivity index (χ0n) is 8.24. The predicted octanol–water partition coefficient (Wildman–Crippen LogP) is 3.82. The Morgan fingerprint density at radius 3 is 2.75 bits per heavy atom. The molecule has 0 saturated carbocycles. The van der Waals surface area contributed by atoms with E-state index < -0.39 is 0 Å². The lowest BCUT2D eigenvalue weighted by Crippen LogP contribution is -1.94. The number of hydrogen-bond acceptors (Lipinski definition) is 3. The molecule has 16 heavy (non-hydrogen) atoms. The summed E-state index contributed by atoms with van der Waals surface area (Å²) in [6, 6.07) is 9.15. The highest BCUT2D eigenvalue weighted by molar-refractivity contribution is 9.10. The van der Waals surface area contributed by atoms with Gasteiger partial charge >= 0.3 is 0 Å². The fourth-order valence-electron chi connectivity index (χ4n) is 1.27. The van der Waals surface area contributed by atoms with Crippen molar-refractivity contribution in [3.05, 3.63) is 46.0 Å². The molecule has 0 fully saturated rings. The molecule has 0 amide bonds. The highest BCUT2D eigenvalue weighted by Crippen LogP contribution is 2.28. The standard InChI is InChI=1S/C11H9BrClN3/c12-9-5-7(13)1-2-10(9)16-8-3-4-15-11(14)6-8/h1-6H,(H3,14,15,16). The third kappa shape index (κ3) is 2.65. The average Bonchev–Trinajstić information content (AvgIpc) is 2.22. The Balaban J connectivity index is 2.27. The summed E-state index contributed by atoms with van der Waals surface area (Å²) < 4.78 is 0.899. The van der Waals surface area contributed by atoms with Gasteiger partial charge in [-0.05, 0) is 40.2 Å². The van der Waals surface area contributed by atoms with E-state index in [-0.39, 0.29) is 0 Å². The van der Waals surface area contributed by atoms with Crippen molar-refractivity contribution >= 4 is 44.7 Å². The Morgan fingerprint density at radius 1 is 1.25 bits per heavy atom. The smallest absolute Gasteiger partial charge is 0.125 e. The third-order valence-corrected chi connectivity index (χ3v) is 2.88. The summed E-state index contributed by atoms with van der Waals surface area (Å²) >= 11 is 9.29. The molecule has 0 aliphatic rings. The van der Waals surface area contributed by atoms with Crippen LogP contribution in [0.15, 0.2) is 41.0 Å². The third-order valence-electron chi connectivity index (χ3n) is 1.99. The molecule has 1 aromatic heterocycles. The van der Waals surface area contributed by atoms with Crippen molar-refractivity contribution in [2.75, 3.05) is 11.1 Å². The molecule has 2 rings (SSSR count). The first-order valence-corrected chi connectivity index (χ1v) is 5.76. The topological polar surface area (TPSA) is 50.9 Å². The molecule has 0 atom stereocenters. The number of nitrogens with one attached hydrogen (secondary N) is 1. The molecule has 3 N–H and O–H groups in total. The number of halogens is 2. The molecule has 3 nitrogen and oxygen atoms in total. The van der Waals surface area contributed by atoms with Crippen LogP contribution >= 0.6 is 27.5 Å². The Hall–Kier alpha value is -1.26. The molecule has 1 heterocycles. The van der Waals surface area contributed by atoms with Crippen molar-refractivity contribution in [3.63, 3.8) is 0 Å². The van der Waals surface area contributed by atoms with Gasteiger partial charge in [0.15, 0.2) is 0 Å². The van der Waals surface area contributed by atoms with Gasteiger partial charge in [0.1, 0.15) is 5.82 Å². The summed E-state index contributed by atoms with van der Waals surface area (Å²) in [5.74, 6) is 0.482. The number of nitrogen functional groups attached to an aromatic ring is 1. The van der Waals surface area contributed by atoms with Crippen LogP contribution in [0.2, 0.25) is 5.02 Å². The minimum absolute atomic E-state index is 0.482. The van der Waals surface area contributed by atoms with Crippen LogP contribution in [0.25, 0.3) is 0 Å². The zero-order valence-corrected chi connectivity index (χ0v) is 10.6. The van der Waals surface area contributed by atoms with Crippen LogP contribution in [-0.4, -0.2) is 4.98 Å². The van der Waals surface area contributed by atoms with E-state index in [1.807, 2.05) is 24.3 Å². The lowest BCUT2D eigenvalue weighted by Gasteiger charge is -2.08. The fraction of sp³-hybridized carbons (Fsp3) is 0. The highest BCUT2D eigenvalue weighted by atomic mass is 79.9. The average molecular weight is 299 g/mol. The molecule has 0 aliphatic carbocycles. The summed E-state index contributed by atoms with van der Waals surface area (Å²) in [7, 11) is 0. The summed E-state index contributed by atoms with van der Waals surface area (Å²) in [6.45, 7) is 0. The molecule has 0 unspecified atom stereocenters. The minimum atomic E-state index is 0.482. The molecule has 82 valence electrons. The molecule has 0 bridgehead atoms. The Bertz CT molecular complexity index is 516. The van der Waals surface area contributed by atoms with Crippen molar-refractivity contribution in [2.24, 2.45) is 0 Å². The van der Waals surface area contributed by atoms with Gasteiger partial charge in [0.2, 0.25) is 0 Å². The minimum Gasteiger partial charge on any atom is -0.384 e. The maximum absolute atomic E-state index is 5.86. The number of nitrogens with zero attached hydrogens (tertiary/aromatic N) is 1. The van der Waals surface area contributed by atoms with E-state index in [2.05, 4.69) is 26.2 Å². The van der Waals surface area contributed by atoms with Crippen molar-refractivity contribution in [1.82, 2.24) is 4.98 Å². The van der Waals surface area contributed by atoms with Gasteiger partial charge in [0.05, 0.1) is 5.69 Å². The van der Waals surface area contributed by atoms with Gasteiger partial charge in [-0.1, -0.05) is 11.6 Å². The number of pyridine rings is 1. The van der Waals surface area contributed by atoms with E-state index in [1.54, 1.807) is 12.3 Å². The maximum atomic E-state index is 5.86. The Morgan fingerprint density at radius 2 is 2.06 bits per heavy atom. The second-order valence-electron chi connectivity index (χ2n) is 3.22. The first-order chi connectivity index (χ1) is 7.65. The summed E-state index contributed by atoms with van der Waals surface area (Å²) in [4.78, 5) is 3.92. The number of anilines is 3. The number of rotatable bonds is 2. The maximum Gasteiger partial charge on any atom is 0.125 e. The molecule has 2 aromatic rings. The molecular formula is C11H9BrClN3. The number of benzene rings is 1. The van der Waals surface area contributed by atoms with Crippen molar-refractivity contribution in [3.8, 4) is 0 Å². The first-order valence-electron chi connectivity index (χ1n) is 4.59. The van der Waals surface area contributed by atoms with Gasteiger partial charge in [-0.3, -0.25) is 0 Å². The van der Waals surface area contributed by atoms with Gasteiger partial charge in [-0.2, -0.15) is 0 Å². The quantitative estimate of drug-likeness (QED) is 0.886. The van der Waals surface area contributed by atoms with Gasteiger partial charge in [-0.15, -0.1) is 0 Å². The normalized spacial score (nSPS) is 10.1. The Labute approximate surface area is 107 Å². The van der Waals surface area contributed by atoms with Crippen molar-refractivity contribution in [1.29, 1.82) is 0 Å². The van der Waals surface area contributed by atoms with Crippen molar-refractivity contribution in [2.45, 2.75) is 0 Å². The van der Waals surface area contributed by atoms with Gasteiger partial charge < -0.3 is 11.1 Å². The fourth-order valence-corrected chi connectivity index (χ4v) is 2.05. The van der Waals surface area contributed by atoms with Gasteiger partial charge in [-0.25, -0.2) is 4.98 Å². The molecule has 0 aliphatic heterocycles. The molecule has 0 spiro atoms. The molecular weight excluding hydrogens is 289 g/mol. The van der Waals surface area contributed by atoms with Crippen LogP contribution in [0.3, 0.4) is 0 Å². The molecule has 0 saturated heterocycles. The van der Waals surface area contributed by atoms with Crippen LogP contribution in [0, 0.1) is 0 Å². The van der Waals surface area contributed by atoms with Crippen LogP contribution in [0.5, 0.6) is 0 Å². The predicted molar refractivity (Wildman–Crippen MR) is 71.1 cm³/mol. The van der Waals surface area contributed by atoms with Gasteiger partial charge in [0.25, 0.3) is 0 Å². The molecule has 5 heteroatoms. The first kappa shape index (κ1) is 11.2. The summed E-state index contributed by atoms with van der Waals surface area (Å²) in [5, 5.41) is 3.90. The molecule has 1 aromatic carbocycles. The largest absolute Gasteiger partial charge is 0.384 e. The van der Waals surface area contributed by atoms with E-state index >= 15 is 0 Å². The van der Waals surface area contributed by atoms with Crippen molar-refractivity contribution < 1.29 is 0 Å². The van der Waals surface area contributed by atoms with Gasteiger partial charge in [0, 0.05) is 27.4 Å². The van der Waals surface area contributed by atoms with E-state index in [1.165, 1.54) is 0 Å². The van der Waals surface area contributed by atoms with E-state index in [4.69, 9.17) is 17.3 Å². The van der Waals surface area contributed by atoms with Crippen LogP contribution in [0.4, 0.5) is 17.2 Å². The van der Waals surface area contributed by atoms with E-state index in [9.17, 15) is 0 Å². The number of nitrogens with two attached hydrogens (primary N) is 1. The van der Waals surface area contributed by atoms with E-state index in [0.717, 1.165) is 15.8 Å². The molecule has 0 radical (unpaired) electrons. The second-order valence-corrected chi connectivity index (χ2v) is 4.51. The highest BCUT2D eigenvalue weighted by Gasteiger charge is 2.01. The SMILES string of the molecule is Nc1cc(Nc2ccc(Cl)cc2Br)ccn1. The number of aromatic nitrogens is 1. The second kappa shape index (κ2) is 4.72. The zero-order chi connectivity index (χ0) is 11.5. The monoisotopic (exact) mass is 297 g/mol. The van der Waals surface area contributed by atoms with Crippen LogP contribution in [-0.2, 0) is 0 Å². The van der Waals surface area contributed by atoms with Crippen LogP contribution in [0.1, 0.15) is 0 Å². The number of hydrogen-bond donors (Lipinski definition) is 2. The lowest BCUT2D eigenvalue weighted by molar-refractivity contribution is 1.33. The summed E-state index contributed by atoms with van der Waals surface area (Å²) in [6.07, 6.45) is 1.65.